The second-order valence-electron chi connectivity index (χ2n) is 3.74. The van der Waals surface area contributed by atoms with Crippen molar-refractivity contribution in [1.29, 1.82) is 0 Å². The van der Waals surface area contributed by atoms with Crippen LogP contribution in [0.2, 0.25) is 0 Å². The van der Waals surface area contributed by atoms with Crippen molar-refractivity contribution in [3.05, 3.63) is 49.7 Å². The maximum atomic E-state index is 9.80. The van der Waals surface area contributed by atoms with Crippen molar-refractivity contribution in [3.63, 3.8) is 0 Å². The minimum atomic E-state index is -0.445. The summed E-state index contributed by atoms with van der Waals surface area (Å²) >= 11 is 0. The molecule has 89 valence electrons. The molecule has 0 bridgehead atoms. The van der Waals surface area contributed by atoms with E-state index in [4.69, 9.17) is 0 Å². The van der Waals surface area contributed by atoms with Gasteiger partial charge in [0.1, 0.15) is 0 Å². The SMILES string of the molecule is [CH2-]C(C)NCC(O)c1cccc(C)c1.[CH3-].[Y]. The third-order valence-electron chi connectivity index (χ3n) is 2.09. The van der Waals surface area contributed by atoms with Crippen LogP contribution in [0.1, 0.15) is 24.2 Å². The fraction of sp³-hybridized carbons (Fsp3) is 0.385. The molecule has 2 nitrogen and oxygen atoms in total. The summed E-state index contributed by atoms with van der Waals surface area (Å²) < 4.78 is 0. The van der Waals surface area contributed by atoms with Gasteiger partial charge in [0.15, 0.2) is 0 Å². The molecule has 2 atom stereocenters. The van der Waals surface area contributed by atoms with Crippen molar-refractivity contribution in [2.45, 2.75) is 26.0 Å². The number of aryl methyl sites for hydroxylation is 1. The Morgan fingerprint density at radius 1 is 1.44 bits per heavy atom. The Bertz CT molecular complexity index is 289. The van der Waals surface area contributed by atoms with Gasteiger partial charge >= 0.3 is 0 Å². The zero-order chi connectivity index (χ0) is 10.6. The molecule has 0 heterocycles. The van der Waals surface area contributed by atoms with Crippen molar-refractivity contribution < 1.29 is 37.8 Å². The largest absolute Gasteiger partial charge is 0.387 e. The fourth-order valence-corrected chi connectivity index (χ4v) is 1.31. The number of aliphatic hydroxyl groups is 1. The first-order valence-electron chi connectivity index (χ1n) is 4.90. The molecule has 2 N–H and O–H groups in total. The van der Waals surface area contributed by atoms with Crippen LogP contribution in [-0.2, 0) is 32.7 Å². The molecule has 0 aliphatic rings. The summed E-state index contributed by atoms with van der Waals surface area (Å²) in [6.07, 6.45) is -0.445. The molecule has 16 heavy (non-hydrogen) atoms. The summed E-state index contributed by atoms with van der Waals surface area (Å²) in [4.78, 5) is 0. The zero-order valence-corrected chi connectivity index (χ0v) is 13.2. The topological polar surface area (TPSA) is 32.3 Å². The molecule has 0 aliphatic carbocycles. The molecule has 0 aromatic heterocycles. The summed E-state index contributed by atoms with van der Waals surface area (Å²) in [7, 11) is 0. The summed E-state index contributed by atoms with van der Waals surface area (Å²) in [5.41, 5.74) is 2.13. The Morgan fingerprint density at radius 3 is 2.56 bits per heavy atom. The van der Waals surface area contributed by atoms with E-state index in [0.717, 1.165) is 5.56 Å². The molecule has 0 fully saturated rings. The van der Waals surface area contributed by atoms with E-state index in [0.29, 0.717) is 6.54 Å². The maximum absolute atomic E-state index is 9.80. The molecule has 2 unspecified atom stereocenters. The van der Waals surface area contributed by atoms with Gasteiger partial charge in [-0.3, -0.25) is 0 Å². The van der Waals surface area contributed by atoms with Crippen LogP contribution in [0, 0.1) is 21.3 Å². The first-order valence-corrected chi connectivity index (χ1v) is 4.90. The van der Waals surface area contributed by atoms with Gasteiger partial charge in [-0.2, -0.15) is 0 Å². The Labute approximate surface area is 125 Å². The maximum Gasteiger partial charge on any atom is 0.0913 e. The monoisotopic (exact) mass is 296 g/mol. The Hall–Kier alpha value is 0.244. The molecule has 1 aromatic rings. The Morgan fingerprint density at radius 2 is 2.06 bits per heavy atom. The molecule has 1 rings (SSSR count). The Kier molecular flexibility index (Phi) is 10.8. The number of hydrogen-bond acceptors (Lipinski definition) is 2. The molecular formula is C13H21NOY-2. The molecule has 1 radical (unpaired) electrons. The molecule has 3 heteroatoms. The molecular weight excluding hydrogens is 275 g/mol. The van der Waals surface area contributed by atoms with Crippen LogP contribution < -0.4 is 5.32 Å². The van der Waals surface area contributed by atoms with Crippen LogP contribution in [0.4, 0.5) is 0 Å². The number of benzene rings is 1. The smallest absolute Gasteiger partial charge is 0.0913 e. The molecule has 0 spiro atoms. The van der Waals surface area contributed by atoms with Gasteiger partial charge in [0, 0.05) is 39.3 Å². The molecule has 0 amide bonds. The van der Waals surface area contributed by atoms with Crippen LogP contribution >= 0.6 is 0 Å². The summed E-state index contributed by atoms with van der Waals surface area (Å²) in [5.74, 6) is 0. The van der Waals surface area contributed by atoms with E-state index in [1.165, 1.54) is 5.56 Å². The van der Waals surface area contributed by atoms with Crippen molar-refractivity contribution in [1.82, 2.24) is 5.32 Å². The van der Waals surface area contributed by atoms with E-state index in [9.17, 15) is 5.11 Å². The number of rotatable bonds is 4. The minimum Gasteiger partial charge on any atom is -0.387 e. The van der Waals surface area contributed by atoms with E-state index in [1.807, 2.05) is 38.1 Å². The van der Waals surface area contributed by atoms with Crippen molar-refractivity contribution in [2.24, 2.45) is 0 Å². The molecule has 0 saturated carbocycles. The van der Waals surface area contributed by atoms with Gasteiger partial charge in [-0.1, -0.05) is 36.8 Å². The van der Waals surface area contributed by atoms with Crippen LogP contribution in [0.5, 0.6) is 0 Å². The van der Waals surface area contributed by atoms with Crippen molar-refractivity contribution in [2.75, 3.05) is 6.54 Å². The van der Waals surface area contributed by atoms with Crippen molar-refractivity contribution in [3.8, 4) is 0 Å². The number of hydrogen-bond donors (Lipinski definition) is 2. The predicted octanol–water partition coefficient (Wildman–Crippen LogP) is 2.29. The van der Waals surface area contributed by atoms with E-state index in [1.54, 1.807) is 0 Å². The summed E-state index contributed by atoms with van der Waals surface area (Å²) in [6, 6.07) is 8.08. The quantitative estimate of drug-likeness (QED) is 0.836. The molecule has 0 aliphatic heterocycles. The van der Waals surface area contributed by atoms with Gasteiger partial charge in [-0.15, -0.1) is 6.04 Å². The number of nitrogens with one attached hydrogen (secondary N) is 1. The van der Waals surface area contributed by atoms with Gasteiger partial charge in [0.2, 0.25) is 0 Å². The second-order valence-corrected chi connectivity index (χ2v) is 3.74. The standard InChI is InChI=1S/C12H18NO.CH3.Y/c1-9(2)13-8-12(14)11-6-4-5-10(3)7-11;;/h4-7,9,12-14H,1,8H2,2-3H3;1H3;/q2*-1;. The average Bonchev–Trinajstić information content (AvgIpc) is 2.14. The first-order chi connectivity index (χ1) is 6.59. The third kappa shape index (κ3) is 6.75. The van der Waals surface area contributed by atoms with Crippen molar-refractivity contribution >= 4 is 0 Å². The van der Waals surface area contributed by atoms with Crippen LogP contribution in [0.3, 0.4) is 0 Å². The normalized spacial score (nSPS) is 13.2. The van der Waals surface area contributed by atoms with E-state index < -0.39 is 6.10 Å². The van der Waals surface area contributed by atoms with Gasteiger partial charge in [-0.25, -0.2) is 0 Å². The second kappa shape index (κ2) is 9.29. The minimum absolute atomic E-state index is 0. The average molecular weight is 296 g/mol. The van der Waals surface area contributed by atoms with E-state index >= 15 is 0 Å². The Balaban J connectivity index is 0. The molecule has 1 aromatic carbocycles. The van der Waals surface area contributed by atoms with Gasteiger partial charge in [0.25, 0.3) is 0 Å². The number of aliphatic hydroxyl groups excluding tert-OH is 1. The van der Waals surface area contributed by atoms with E-state index in [-0.39, 0.29) is 46.2 Å². The van der Waals surface area contributed by atoms with Crippen LogP contribution in [-0.4, -0.2) is 17.7 Å². The fourth-order valence-electron chi connectivity index (χ4n) is 1.31. The molecule has 0 saturated heterocycles. The van der Waals surface area contributed by atoms with Gasteiger partial charge in [0.05, 0.1) is 6.10 Å². The van der Waals surface area contributed by atoms with Crippen LogP contribution in [0.15, 0.2) is 24.3 Å². The van der Waals surface area contributed by atoms with E-state index in [2.05, 4.69) is 12.2 Å². The van der Waals surface area contributed by atoms with Gasteiger partial charge in [-0.05, 0) is 12.5 Å². The van der Waals surface area contributed by atoms with Crippen LogP contribution in [0.25, 0.3) is 0 Å². The predicted molar refractivity (Wildman–Crippen MR) is 65.4 cm³/mol. The van der Waals surface area contributed by atoms with Gasteiger partial charge < -0.3 is 24.8 Å². The summed E-state index contributed by atoms with van der Waals surface area (Å²) in [6.45, 7) is 8.33. The first kappa shape index (κ1) is 18.6. The zero-order valence-electron chi connectivity index (χ0n) is 10.4. The summed E-state index contributed by atoms with van der Waals surface area (Å²) in [5, 5.41) is 12.9. The third-order valence-corrected chi connectivity index (χ3v) is 2.09.